The van der Waals surface area contributed by atoms with E-state index in [9.17, 15) is 4.79 Å². The van der Waals surface area contributed by atoms with Gasteiger partial charge in [0.2, 0.25) is 0 Å². The van der Waals surface area contributed by atoms with Gasteiger partial charge >= 0.3 is 0 Å². The quantitative estimate of drug-likeness (QED) is 0.774. The lowest BCUT2D eigenvalue weighted by Crippen LogP contribution is -2.48. The second-order valence-corrected chi connectivity index (χ2v) is 7.09. The van der Waals surface area contributed by atoms with Crippen molar-refractivity contribution in [3.05, 3.63) is 21.9 Å². The standard InChI is InChI=1S/C15H24N2OS/c1-12(2)10-16-6-8-17(9-7-16)11-14(18)15-5-4-13(3)19-15/h4-5,12H,6-11H2,1-3H3. The van der Waals surface area contributed by atoms with E-state index in [0.29, 0.717) is 6.54 Å². The molecule has 0 unspecified atom stereocenters. The highest BCUT2D eigenvalue weighted by Gasteiger charge is 2.20. The molecule has 1 aliphatic heterocycles. The summed E-state index contributed by atoms with van der Waals surface area (Å²) in [5, 5.41) is 0. The third-order valence-electron chi connectivity index (χ3n) is 3.47. The van der Waals surface area contributed by atoms with Crippen LogP contribution >= 0.6 is 11.3 Å². The molecule has 0 radical (unpaired) electrons. The van der Waals surface area contributed by atoms with Crippen molar-refractivity contribution in [2.24, 2.45) is 5.92 Å². The van der Waals surface area contributed by atoms with Crippen molar-refractivity contribution < 1.29 is 4.79 Å². The van der Waals surface area contributed by atoms with Gasteiger partial charge in [0.1, 0.15) is 0 Å². The van der Waals surface area contributed by atoms with Gasteiger partial charge in [-0.25, -0.2) is 0 Å². The van der Waals surface area contributed by atoms with E-state index in [-0.39, 0.29) is 5.78 Å². The second-order valence-electron chi connectivity index (χ2n) is 5.80. The Morgan fingerprint density at radius 2 is 1.84 bits per heavy atom. The highest BCUT2D eigenvalue weighted by molar-refractivity contribution is 7.14. The maximum atomic E-state index is 12.1. The molecule has 0 bridgehead atoms. The van der Waals surface area contributed by atoms with Gasteiger partial charge in [-0.3, -0.25) is 9.69 Å². The van der Waals surface area contributed by atoms with Crippen LogP contribution in [0.5, 0.6) is 0 Å². The molecule has 1 fully saturated rings. The highest BCUT2D eigenvalue weighted by Crippen LogP contribution is 2.16. The molecule has 0 amide bonds. The van der Waals surface area contributed by atoms with Crippen LogP contribution in [0, 0.1) is 12.8 Å². The van der Waals surface area contributed by atoms with Gasteiger partial charge in [0.15, 0.2) is 5.78 Å². The van der Waals surface area contributed by atoms with Crippen molar-refractivity contribution in [2.75, 3.05) is 39.3 Å². The summed E-state index contributed by atoms with van der Waals surface area (Å²) in [7, 11) is 0. The molecule has 0 aromatic carbocycles. The summed E-state index contributed by atoms with van der Waals surface area (Å²) in [5.41, 5.74) is 0. The average molecular weight is 280 g/mol. The Morgan fingerprint density at radius 1 is 1.21 bits per heavy atom. The van der Waals surface area contributed by atoms with Crippen molar-refractivity contribution in [1.29, 1.82) is 0 Å². The number of hydrogen-bond donors (Lipinski definition) is 0. The lowest BCUT2D eigenvalue weighted by molar-refractivity contribution is 0.0841. The van der Waals surface area contributed by atoms with E-state index in [4.69, 9.17) is 0 Å². The van der Waals surface area contributed by atoms with E-state index in [2.05, 4.69) is 23.6 Å². The molecule has 0 atom stereocenters. The molecule has 0 N–H and O–H groups in total. The molecular formula is C15H24N2OS. The minimum Gasteiger partial charge on any atom is -0.301 e. The van der Waals surface area contributed by atoms with Crippen LogP contribution in [-0.2, 0) is 0 Å². The van der Waals surface area contributed by atoms with Crippen LogP contribution < -0.4 is 0 Å². The van der Waals surface area contributed by atoms with Gasteiger partial charge in [-0.1, -0.05) is 13.8 Å². The Hall–Kier alpha value is -0.710. The van der Waals surface area contributed by atoms with Crippen LogP contribution in [0.1, 0.15) is 28.4 Å². The zero-order valence-electron chi connectivity index (χ0n) is 12.2. The van der Waals surface area contributed by atoms with Gasteiger partial charge in [0.05, 0.1) is 11.4 Å². The molecule has 1 aliphatic rings. The van der Waals surface area contributed by atoms with Crippen molar-refractivity contribution in [3.63, 3.8) is 0 Å². The topological polar surface area (TPSA) is 23.6 Å². The molecule has 1 aromatic heterocycles. The van der Waals surface area contributed by atoms with Gasteiger partial charge in [0.25, 0.3) is 0 Å². The number of Topliss-reactive ketones (excluding diaryl/α,β-unsaturated/α-hetero) is 1. The number of hydrogen-bond acceptors (Lipinski definition) is 4. The number of nitrogens with zero attached hydrogens (tertiary/aromatic N) is 2. The van der Waals surface area contributed by atoms with Crippen LogP contribution in [0.2, 0.25) is 0 Å². The zero-order valence-corrected chi connectivity index (χ0v) is 13.0. The number of carbonyl (C=O) groups is 1. The second kappa shape index (κ2) is 6.64. The lowest BCUT2D eigenvalue weighted by Gasteiger charge is -2.35. The number of rotatable bonds is 5. The van der Waals surface area contributed by atoms with Crippen LogP contribution in [0.15, 0.2) is 12.1 Å². The summed E-state index contributed by atoms with van der Waals surface area (Å²) in [6.45, 7) is 12.5. The minimum absolute atomic E-state index is 0.274. The van der Waals surface area contributed by atoms with Crippen molar-refractivity contribution in [1.82, 2.24) is 9.80 Å². The average Bonchev–Trinajstić information content (AvgIpc) is 2.78. The lowest BCUT2D eigenvalue weighted by atomic mass is 10.2. The molecule has 1 aromatic rings. The summed E-state index contributed by atoms with van der Waals surface area (Å²) in [5.74, 6) is 0.998. The molecule has 4 heteroatoms. The maximum Gasteiger partial charge on any atom is 0.186 e. The van der Waals surface area contributed by atoms with Gasteiger partial charge in [-0.15, -0.1) is 11.3 Å². The van der Waals surface area contributed by atoms with Gasteiger partial charge < -0.3 is 4.90 Å². The van der Waals surface area contributed by atoms with Gasteiger partial charge in [-0.05, 0) is 25.0 Å². The molecule has 0 saturated carbocycles. The maximum absolute atomic E-state index is 12.1. The van der Waals surface area contributed by atoms with E-state index < -0.39 is 0 Å². The number of carbonyl (C=O) groups excluding carboxylic acids is 1. The fourth-order valence-electron chi connectivity index (χ4n) is 2.51. The van der Waals surface area contributed by atoms with Crippen molar-refractivity contribution in [3.8, 4) is 0 Å². The Morgan fingerprint density at radius 3 is 2.37 bits per heavy atom. The van der Waals surface area contributed by atoms with Gasteiger partial charge in [0, 0.05) is 37.6 Å². The molecule has 3 nitrogen and oxygen atoms in total. The summed E-state index contributed by atoms with van der Waals surface area (Å²) in [6, 6.07) is 3.98. The molecule has 0 spiro atoms. The Bertz CT molecular complexity index is 420. The van der Waals surface area contributed by atoms with Crippen LogP contribution in [0.25, 0.3) is 0 Å². The fourth-order valence-corrected chi connectivity index (χ4v) is 3.31. The summed E-state index contributed by atoms with van der Waals surface area (Å²) in [4.78, 5) is 19.0. The zero-order chi connectivity index (χ0) is 13.8. The normalized spacial score (nSPS) is 18.1. The summed E-state index contributed by atoms with van der Waals surface area (Å²) >= 11 is 1.61. The van der Waals surface area contributed by atoms with E-state index in [1.54, 1.807) is 11.3 Å². The first-order valence-corrected chi connectivity index (χ1v) is 7.90. The third-order valence-corrected chi connectivity index (χ3v) is 4.51. The van der Waals surface area contributed by atoms with Crippen LogP contribution in [0.4, 0.5) is 0 Å². The molecule has 106 valence electrons. The molecule has 19 heavy (non-hydrogen) atoms. The fraction of sp³-hybridized carbons (Fsp3) is 0.667. The minimum atomic E-state index is 0.274. The predicted molar refractivity (Wildman–Crippen MR) is 81.1 cm³/mol. The number of aryl methyl sites for hydroxylation is 1. The van der Waals surface area contributed by atoms with Crippen LogP contribution in [0.3, 0.4) is 0 Å². The number of piperazine rings is 1. The SMILES string of the molecule is Cc1ccc(C(=O)CN2CCN(CC(C)C)CC2)s1. The van der Waals surface area contributed by atoms with Gasteiger partial charge in [-0.2, -0.15) is 0 Å². The summed E-state index contributed by atoms with van der Waals surface area (Å²) < 4.78 is 0. The van der Waals surface area contributed by atoms with E-state index in [1.807, 2.05) is 19.1 Å². The Balaban J connectivity index is 1.78. The monoisotopic (exact) mass is 280 g/mol. The van der Waals surface area contributed by atoms with Crippen molar-refractivity contribution >= 4 is 17.1 Å². The third kappa shape index (κ3) is 4.41. The molecule has 2 heterocycles. The molecule has 2 rings (SSSR count). The predicted octanol–water partition coefficient (Wildman–Crippen LogP) is 2.51. The van der Waals surface area contributed by atoms with E-state index in [0.717, 1.165) is 37.0 Å². The number of thiophene rings is 1. The Kier molecular flexibility index (Phi) is 5.13. The first-order chi connectivity index (χ1) is 9.04. The summed E-state index contributed by atoms with van der Waals surface area (Å²) in [6.07, 6.45) is 0. The van der Waals surface area contributed by atoms with Crippen molar-refractivity contribution in [2.45, 2.75) is 20.8 Å². The first-order valence-electron chi connectivity index (χ1n) is 7.09. The Labute approximate surface area is 120 Å². The number of ketones is 1. The molecule has 0 aliphatic carbocycles. The van der Waals surface area contributed by atoms with E-state index in [1.165, 1.54) is 11.4 Å². The molecular weight excluding hydrogens is 256 g/mol. The van der Waals surface area contributed by atoms with Crippen LogP contribution in [-0.4, -0.2) is 54.9 Å². The largest absolute Gasteiger partial charge is 0.301 e. The highest BCUT2D eigenvalue weighted by atomic mass is 32.1. The molecule has 1 saturated heterocycles. The van der Waals surface area contributed by atoms with E-state index >= 15 is 0 Å². The smallest absolute Gasteiger partial charge is 0.186 e. The first kappa shape index (κ1) is 14.7.